The molecule has 0 N–H and O–H groups in total. The van der Waals surface area contributed by atoms with E-state index in [2.05, 4.69) is 15.1 Å². The van der Waals surface area contributed by atoms with Crippen LogP contribution in [0.25, 0.3) is 10.2 Å². The lowest BCUT2D eigenvalue weighted by Gasteiger charge is -2.21. The van der Waals surface area contributed by atoms with Crippen LogP contribution in [0.1, 0.15) is 0 Å². The van der Waals surface area contributed by atoms with E-state index in [1.54, 1.807) is 17.0 Å². The topological polar surface area (TPSA) is 101 Å². The van der Waals surface area contributed by atoms with Crippen LogP contribution in [0, 0.1) is 0 Å². The molecular weight excluding hydrogens is 388 g/mol. The molecule has 0 fully saturated rings. The van der Waals surface area contributed by atoms with Gasteiger partial charge in [-0.3, -0.25) is 9.69 Å². The SMILES string of the molecule is CN(C)CCN(C(=O)Cn1cncn1)c1nc2ccc(S(C)(=O)=O)cc2s1. The number of hydrogen-bond acceptors (Lipinski definition) is 8. The number of hydrogen-bond donors (Lipinski definition) is 0. The average molecular weight is 409 g/mol. The number of aromatic nitrogens is 4. The molecule has 144 valence electrons. The van der Waals surface area contributed by atoms with Crippen molar-refractivity contribution in [2.24, 2.45) is 0 Å². The zero-order valence-corrected chi connectivity index (χ0v) is 16.9. The van der Waals surface area contributed by atoms with E-state index in [0.717, 1.165) is 4.70 Å². The lowest BCUT2D eigenvalue weighted by atomic mass is 10.3. The van der Waals surface area contributed by atoms with Crippen LogP contribution < -0.4 is 4.90 Å². The second kappa shape index (κ2) is 7.71. The highest BCUT2D eigenvalue weighted by Crippen LogP contribution is 2.30. The molecule has 3 rings (SSSR count). The Morgan fingerprint density at radius 3 is 2.67 bits per heavy atom. The fraction of sp³-hybridized carbons (Fsp3) is 0.375. The number of thiazole rings is 1. The van der Waals surface area contributed by atoms with E-state index in [1.807, 2.05) is 19.0 Å². The van der Waals surface area contributed by atoms with Gasteiger partial charge in [0.15, 0.2) is 15.0 Å². The molecule has 3 aromatic rings. The molecule has 27 heavy (non-hydrogen) atoms. The lowest BCUT2D eigenvalue weighted by molar-refractivity contribution is -0.119. The van der Waals surface area contributed by atoms with Crippen molar-refractivity contribution in [3.63, 3.8) is 0 Å². The van der Waals surface area contributed by atoms with E-state index in [-0.39, 0.29) is 17.3 Å². The van der Waals surface area contributed by atoms with Gasteiger partial charge in [0.2, 0.25) is 0 Å². The first-order chi connectivity index (χ1) is 12.7. The Kier molecular flexibility index (Phi) is 5.53. The molecule has 0 atom stereocenters. The van der Waals surface area contributed by atoms with E-state index in [4.69, 9.17) is 0 Å². The highest BCUT2D eigenvalue weighted by atomic mass is 32.2. The fourth-order valence-corrected chi connectivity index (χ4v) is 4.17. The van der Waals surface area contributed by atoms with Gasteiger partial charge in [-0.15, -0.1) is 0 Å². The number of carbonyl (C=O) groups is 1. The highest BCUT2D eigenvalue weighted by molar-refractivity contribution is 7.90. The van der Waals surface area contributed by atoms with Crippen LogP contribution in [0.15, 0.2) is 35.7 Å². The summed E-state index contributed by atoms with van der Waals surface area (Å²) in [7, 11) is 0.551. The number of rotatable bonds is 7. The van der Waals surface area contributed by atoms with Crippen molar-refractivity contribution in [1.82, 2.24) is 24.6 Å². The molecule has 0 aliphatic carbocycles. The molecule has 0 unspecified atom stereocenters. The van der Waals surface area contributed by atoms with Crippen molar-refractivity contribution in [3.8, 4) is 0 Å². The van der Waals surface area contributed by atoms with Crippen molar-refractivity contribution in [2.75, 3.05) is 38.3 Å². The first-order valence-electron chi connectivity index (χ1n) is 8.12. The molecule has 2 heterocycles. The van der Waals surface area contributed by atoms with Gasteiger partial charge < -0.3 is 4.90 Å². The van der Waals surface area contributed by atoms with Crippen molar-refractivity contribution in [3.05, 3.63) is 30.9 Å². The third-order valence-electron chi connectivity index (χ3n) is 3.84. The Labute approximate surface area is 161 Å². The number of anilines is 1. The Morgan fingerprint density at radius 2 is 2.04 bits per heavy atom. The molecule has 11 heteroatoms. The minimum absolute atomic E-state index is 0.0535. The number of benzene rings is 1. The van der Waals surface area contributed by atoms with Gasteiger partial charge in [0, 0.05) is 19.3 Å². The molecule has 2 aromatic heterocycles. The molecule has 0 bridgehead atoms. The van der Waals surface area contributed by atoms with Gasteiger partial charge in [-0.25, -0.2) is 23.1 Å². The minimum Gasteiger partial charge on any atom is -0.308 e. The van der Waals surface area contributed by atoms with Gasteiger partial charge >= 0.3 is 0 Å². The zero-order chi connectivity index (χ0) is 19.6. The fourth-order valence-electron chi connectivity index (χ4n) is 2.40. The monoisotopic (exact) mass is 408 g/mol. The van der Waals surface area contributed by atoms with Crippen LogP contribution in [0.2, 0.25) is 0 Å². The van der Waals surface area contributed by atoms with Crippen molar-refractivity contribution >= 4 is 42.4 Å². The number of sulfone groups is 1. The summed E-state index contributed by atoms with van der Waals surface area (Å²) in [5.41, 5.74) is 0.658. The molecule has 0 spiro atoms. The van der Waals surface area contributed by atoms with E-state index < -0.39 is 9.84 Å². The molecule has 1 aromatic carbocycles. The largest absolute Gasteiger partial charge is 0.308 e. The van der Waals surface area contributed by atoms with Crippen molar-refractivity contribution in [1.29, 1.82) is 0 Å². The lowest BCUT2D eigenvalue weighted by Crippen LogP contribution is -2.38. The summed E-state index contributed by atoms with van der Waals surface area (Å²) >= 11 is 1.29. The molecule has 1 amide bonds. The van der Waals surface area contributed by atoms with E-state index in [9.17, 15) is 13.2 Å². The van der Waals surface area contributed by atoms with E-state index >= 15 is 0 Å². The van der Waals surface area contributed by atoms with Crippen LogP contribution in [-0.4, -0.2) is 72.4 Å². The predicted molar refractivity (Wildman–Crippen MR) is 104 cm³/mol. The van der Waals surface area contributed by atoms with Crippen LogP contribution >= 0.6 is 11.3 Å². The van der Waals surface area contributed by atoms with Gasteiger partial charge in [0.05, 0.1) is 15.1 Å². The van der Waals surface area contributed by atoms with Gasteiger partial charge in [0.25, 0.3) is 5.91 Å². The highest BCUT2D eigenvalue weighted by Gasteiger charge is 2.21. The van der Waals surface area contributed by atoms with Crippen molar-refractivity contribution < 1.29 is 13.2 Å². The summed E-state index contributed by atoms with van der Waals surface area (Å²) in [5, 5.41) is 4.50. The van der Waals surface area contributed by atoms with Crippen molar-refractivity contribution in [2.45, 2.75) is 11.4 Å². The number of nitrogens with zero attached hydrogens (tertiary/aromatic N) is 6. The number of likely N-dealkylation sites (N-methyl/N-ethyl adjacent to an activating group) is 1. The maximum absolute atomic E-state index is 12.8. The van der Waals surface area contributed by atoms with Crippen LogP contribution in [0.3, 0.4) is 0 Å². The smallest absolute Gasteiger partial charge is 0.250 e. The van der Waals surface area contributed by atoms with E-state index in [1.165, 1.54) is 41.0 Å². The predicted octanol–water partition coefficient (Wildman–Crippen LogP) is 0.886. The number of carbonyl (C=O) groups excluding carboxylic acids is 1. The second-order valence-electron chi connectivity index (χ2n) is 6.34. The summed E-state index contributed by atoms with van der Waals surface area (Å²) in [6, 6.07) is 4.79. The maximum atomic E-state index is 12.8. The quantitative estimate of drug-likeness (QED) is 0.572. The van der Waals surface area contributed by atoms with Crippen LogP contribution in [-0.2, 0) is 21.2 Å². The molecule has 0 radical (unpaired) electrons. The molecule has 0 aliphatic rings. The van der Waals surface area contributed by atoms with Gasteiger partial charge in [0.1, 0.15) is 19.2 Å². The second-order valence-corrected chi connectivity index (χ2v) is 9.36. The molecule has 0 saturated carbocycles. The Morgan fingerprint density at radius 1 is 1.26 bits per heavy atom. The third-order valence-corrected chi connectivity index (χ3v) is 5.99. The summed E-state index contributed by atoms with van der Waals surface area (Å²) in [6.07, 6.45) is 4.03. The van der Waals surface area contributed by atoms with Gasteiger partial charge in [-0.2, -0.15) is 5.10 Å². The normalized spacial score (nSPS) is 12.0. The molecule has 9 nitrogen and oxygen atoms in total. The zero-order valence-electron chi connectivity index (χ0n) is 15.2. The van der Waals surface area contributed by atoms with Crippen LogP contribution in [0.4, 0.5) is 5.13 Å². The first-order valence-corrected chi connectivity index (χ1v) is 10.8. The first kappa shape index (κ1) is 19.4. The third kappa shape index (κ3) is 4.67. The summed E-state index contributed by atoms with van der Waals surface area (Å²) in [4.78, 5) is 25.0. The molecule has 0 aliphatic heterocycles. The van der Waals surface area contributed by atoms with E-state index in [0.29, 0.717) is 23.7 Å². The van der Waals surface area contributed by atoms with Gasteiger partial charge in [-0.1, -0.05) is 11.3 Å². The summed E-state index contributed by atoms with van der Waals surface area (Å²) < 4.78 is 25.7. The van der Waals surface area contributed by atoms with Gasteiger partial charge in [-0.05, 0) is 32.3 Å². The Hall–Kier alpha value is -2.37. The Bertz CT molecular complexity index is 1040. The van der Waals surface area contributed by atoms with Crippen LogP contribution in [0.5, 0.6) is 0 Å². The molecule has 0 saturated heterocycles. The summed E-state index contributed by atoms with van der Waals surface area (Å²) in [6.45, 7) is 1.17. The Balaban J connectivity index is 1.94. The maximum Gasteiger partial charge on any atom is 0.250 e. The number of fused-ring (bicyclic) bond motifs is 1. The standard InChI is InChI=1S/C16H20N6O3S2/c1-20(2)6-7-22(15(23)9-21-11-17-10-18-21)16-19-13-5-4-12(27(3,24)25)8-14(13)26-16/h4-5,8,10-11H,6-7,9H2,1-3H3. The minimum atomic E-state index is -3.30. The summed E-state index contributed by atoms with van der Waals surface area (Å²) in [5.74, 6) is -0.162. The average Bonchev–Trinajstić information content (AvgIpc) is 3.22. The molecular formula is C16H20N6O3S2. The number of amides is 1.